The van der Waals surface area contributed by atoms with E-state index in [0.717, 1.165) is 21.8 Å². The number of benzene rings is 2. The molecule has 0 aliphatic heterocycles. The first-order valence-corrected chi connectivity index (χ1v) is 10.9. The maximum absolute atomic E-state index is 12.6. The van der Waals surface area contributed by atoms with Gasteiger partial charge < -0.3 is 0 Å². The molecule has 0 unspecified atom stereocenters. The molecule has 26 heavy (non-hydrogen) atoms. The Bertz CT molecular complexity index is 1040. The molecule has 0 atom stereocenters. The Morgan fingerprint density at radius 1 is 1.08 bits per heavy atom. The zero-order valence-corrected chi connectivity index (χ0v) is 16.2. The van der Waals surface area contributed by atoms with E-state index >= 15 is 0 Å². The lowest BCUT2D eigenvalue weighted by molar-refractivity contribution is -0.109. The summed E-state index contributed by atoms with van der Waals surface area (Å²) in [5, 5.41) is 0.757. The van der Waals surface area contributed by atoms with Crippen molar-refractivity contribution in [2.24, 2.45) is 0 Å². The van der Waals surface area contributed by atoms with Crippen LogP contribution in [-0.4, -0.2) is 25.1 Å². The molecule has 8 heteroatoms. The van der Waals surface area contributed by atoms with Crippen LogP contribution in [0.4, 0.5) is 5.69 Å². The van der Waals surface area contributed by atoms with Crippen LogP contribution in [0.5, 0.6) is 0 Å². The number of thiophene rings is 1. The highest BCUT2D eigenvalue weighted by molar-refractivity contribution is 8.14. The largest absolute Gasteiger partial charge is 0.293 e. The SMILES string of the molecule is CC(=O)SCC(=O)c1ccc(NS(=O)(=O)c2cc3ccccc3s2)cc1. The number of hydrogen-bond acceptors (Lipinski definition) is 6. The molecule has 1 aromatic heterocycles. The van der Waals surface area contributed by atoms with Crippen molar-refractivity contribution in [1.82, 2.24) is 0 Å². The van der Waals surface area contributed by atoms with Crippen LogP contribution < -0.4 is 4.72 Å². The normalized spacial score (nSPS) is 11.4. The van der Waals surface area contributed by atoms with Crippen molar-refractivity contribution in [3.63, 3.8) is 0 Å². The fraction of sp³-hybridized carbons (Fsp3) is 0.111. The first-order chi connectivity index (χ1) is 12.3. The van der Waals surface area contributed by atoms with Crippen molar-refractivity contribution in [2.45, 2.75) is 11.1 Å². The minimum atomic E-state index is -3.69. The molecule has 3 aromatic rings. The van der Waals surface area contributed by atoms with Crippen molar-refractivity contribution >= 4 is 59.8 Å². The molecule has 0 aliphatic rings. The molecular weight excluding hydrogens is 390 g/mol. The summed E-state index contributed by atoms with van der Waals surface area (Å²) in [5.41, 5.74) is 0.807. The van der Waals surface area contributed by atoms with E-state index in [2.05, 4.69) is 4.72 Å². The molecule has 0 fully saturated rings. The van der Waals surface area contributed by atoms with Crippen molar-refractivity contribution in [3.05, 3.63) is 60.2 Å². The number of sulfonamides is 1. The standard InChI is InChI=1S/C18H15NO4S3/c1-12(20)24-11-16(21)13-6-8-15(9-7-13)19-26(22,23)18-10-14-4-2-3-5-17(14)25-18/h2-10,19H,11H2,1H3. The van der Waals surface area contributed by atoms with E-state index in [9.17, 15) is 18.0 Å². The molecular formula is C18H15NO4S3. The van der Waals surface area contributed by atoms with E-state index < -0.39 is 10.0 Å². The number of carbonyl (C=O) groups excluding carboxylic acids is 2. The molecule has 0 amide bonds. The third kappa shape index (κ3) is 4.32. The third-order valence-corrected chi connectivity index (χ3v) is 7.32. The van der Waals surface area contributed by atoms with Gasteiger partial charge in [0, 0.05) is 22.9 Å². The minimum absolute atomic E-state index is 0.0716. The second-order valence-corrected chi connectivity index (χ2v) is 9.63. The molecule has 1 heterocycles. The maximum atomic E-state index is 12.6. The van der Waals surface area contributed by atoms with Crippen LogP contribution in [0.15, 0.2) is 58.8 Å². The first kappa shape index (κ1) is 18.6. The predicted molar refractivity (Wildman–Crippen MR) is 107 cm³/mol. The summed E-state index contributed by atoms with van der Waals surface area (Å²) in [6.07, 6.45) is 0. The number of Topliss-reactive ketones (excluding diaryl/α,β-unsaturated/α-hetero) is 1. The van der Waals surface area contributed by atoms with Gasteiger partial charge in [-0.2, -0.15) is 0 Å². The Kier molecular flexibility index (Phi) is 5.45. The summed E-state index contributed by atoms with van der Waals surface area (Å²) in [6.45, 7) is 1.41. The lowest BCUT2D eigenvalue weighted by atomic mass is 10.1. The van der Waals surface area contributed by atoms with Crippen LogP contribution in [0, 0.1) is 0 Å². The second-order valence-electron chi connectivity index (χ2n) is 5.49. The molecule has 0 aliphatic carbocycles. The molecule has 0 radical (unpaired) electrons. The fourth-order valence-corrected chi connectivity index (χ4v) is 5.23. The summed E-state index contributed by atoms with van der Waals surface area (Å²) in [4.78, 5) is 22.9. The van der Waals surface area contributed by atoms with Gasteiger partial charge >= 0.3 is 0 Å². The number of nitrogens with one attached hydrogen (secondary N) is 1. The van der Waals surface area contributed by atoms with Gasteiger partial charge in [0.05, 0.1) is 5.75 Å². The zero-order chi connectivity index (χ0) is 18.7. The number of rotatable bonds is 6. The fourth-order valence-electron chi connectivity index (χ4n) is 2.27. The van der Waals surface area contributed by atoms with Crippen molar-refractivity contribution in [2.75, 3.05) is 10.5 Å². The van der Waals surface area contributed by atoms with Gasteiger partial charge in [0.25, 0.3) is 10.0 Å². The Labute approximate surface area is 159 Å². The van der Waals surface area contributed by atoms with Gasteiger partial charge in [0.15, 0.2) is 10.9 Å². The average Bonchev–Trinajstić information content (AvgIpc) is 3.05. The summed E-state index contributed by atoms with van der Waals surface area (Å²) < 4.78 is 28.8. The van der Waals surface area contributed by atoms with Crippen LogP contribution in [0.1, 0.15) is 17.3 Å². The Morgan fingerprint density at radius 3 is 2.42 bits per heavy atom. The molecule has 3 rings (SSSR count). The van der Waals surface area contributed by atoms with Crippen LogP contribution >= 0.6 is 23.1 Å². The molecule has 1 N–H and O–H groups in total. The van der Waals surface area contributed by atoms with Crippen LogP contribution in [0.3, 0.4) is 0 Å². The van der Waals surface area contributed by atoms with Gasteiger partial charge in [0.2, 0.25) is 0 Å². The Balaban J connectivity index is 1.75. The number of carbonyl (C=O) groups is 2. The molecule has 2 aromatic carbocycles. The predicted octanol–water partition coefficient (Wildman–Crippen LogP) is 4.16. The molecule has 0 bridgehead atoms. The summed E-state index contributed by atoms with van der Waals surface area (Å²) in [7, 11) is -3.69. The lowest BCUT2D eigenvalue weighted by Crippen LogP contribution is -2.11. The van der Waals surface area contributed by atoms with Crippen LogP contribution in [-0.2, 0) is 14.8 Å². The van der Waals surface area contributed by atoms with Crippen molar-refractivity contribution in [1.29, 1.82) is 0 Å². The monoisotopic (exact) mass is 405 g/mol. The number of hydrogen-bond donors (Lipinski definition) is 1. The molecule has 0 saturated heterocycles. The van der Waals surface area contributed by atoms with Gasteiger partial charge in [-0.25, -0.2) is 8.42 Å². The van der Waals surface area contributed by atoms with Crippen molar-refractivity contribution in [3.8, 4) is 0 Å². The summed E-state index contributed by atoms with van der Waals surface area (Å²) in [6, 6.07) is 15.3. The van der Waals surface area contributed by atoms with Crippen LogP contribution in [0.25, 0.3) is 10.1 Å². The van der Waals surface area contributed by atoms with E-state index in [4.69, 9.17) is 0 Å². The van der Waals surface area contributed by atoms with Gasteiger partial charge in [0.1, 0.15) is 4.21 Å². The summed E-state index contributed by atoms with van der Waals surface area (Å²) >= 11 is 2.15. The molecule has 0 spiro atoms. The van der Waals surface area contributed by atoms with E-state index in [1.165, 1.54) is 30.4 Å². The van der Waals surface area contributed by atoms with Gasteiger partial charge in [-0.3, -0.25) is 14.3 Å². The van der Waals surface area contributed by atoms with Gasteiger partial charge in [-0.1, -0.05) is 30.0 Å². The number of anilines is 1. The van der Waals surface area contributed by atoms with E-state index in [-0.39, 0.29) is 20.9 Å². The Hall–Kier alpha value is -2.16. The highest BCUT2D eigenvalue weighted by Crippen LogP contribution is 2.30. The highest BCUT2D eigenvalue weighted by Gasteiger charge is 2.18. The van der Waals surface area contributed by atoms with E-state index in [0.29, 0.717) is 11.3 Å². The smallest absolute Gasteiger partial charge is 0.271 e. The first-order valence-electron chi connectivity index (χ1n) is 7.63. The number of ketones is 1. The number of thioether (sulfide) groups is 1. The zero-order valence-electron chi connectivity index (χ0n) is 13.8. The van der Waals surface area contributed by atoms with E-state index in [1.54, 1.807) is 18.2 Å². The maximum Gasteiger partial charge on any atom is 0.271 e. The van der Waals surface area contributed by atoms with Gasteiger partial charge in [-0.15, -0.1) is 11.3 Å². The third-order valence-electron chi connectivity index (χ3n) is 3.53. The van der Waals surface area contributed by atoms with Crippen LogP contribution in [0.2, 0.25) is 0 Å². The average molecular weight is 406 g/mol. The highest BCUT2D eigenvalue weighted by atomic mass is 32.2. The lowest BCUT2D eigenvalue weighted by Gasteiger charge is -2.07. The topological polar surface area (TPSA) is 80.3 Å². The Morgan fingerprint density at radius 2 is 1.77 bits per heavy atom. The van der Waals surface area contributed by atoms with E-state index in [1.807, 2.05) is 24.3 Å². The molecule has 0 saturated carbocycles. The van der Waals surface area contributed by atoms with Gasteiger partial charge in [-0.05, 0) is 41.8 Å². The minimum Gasteiger partial charge on any atom is -0.293 e. The molecule has 5 nitrogen and oxygen atoms in total. The second kappa shape index (κ2) is 7.61. The molecule has 134 valence electrons. The quantitative estimate of drug-likeness (QED) is 0.623. The van der Waals surface area contributed by atoms with Crippen molar-refractivity contribution < 1.29 is 18.0 Å². The summed E-state index contributed by atoms with van der Waals surface area (Å²) in [5.74, 6) is -0.105. The number of fused-ring (bicyclic) bond motifs is 1.